The first-order valence-corrected chi connectivity index (χ1v) is 11.0. The molecule has 0 radical (unpaired) electrons. The summed E-state index contributed by atoms with van der Waals surface area (Å²) in [5.41, 5.74) is 1.48. The number of anilines is 2. The molecule has 0 saturated carbocycles. The van der Waals surface area contributed by atoms with Crippen molar-refractivity contribution in [2.75, 3.05) is 10.6 Å². The number of amides is 2. The smallest absolute Gasteiger partial charge is 0.291 e. The van der Waals surface area contributed by atoms with Crippen LogP contribution in [-0.4, -0.2) is 21.6 Å². The minimum absolute atomic E-state index is 0.175. The van der Waals surface area contributed by atoms with Gasteiger partial charge in [0.15, 0.2) is 11.5 Å². The maximum Gasteiger partial charge on any atom is 0.291 e. The number of hydrogen-bond acceptors (Lipinski definition) is 5. The summed E-state index contributed by atoms with van der Waals surface area (Å²) in [5.74, 6) is 0.772. The van der Waals surface area contributed by atoms with E-state index in [1.54, 1.807) is 60.4 Å². The van der Waals surface area contributed by atoms with E-state index in [9.17, 15) is 9.59 Å². The van der Waals surface area contributed by atoms with Crippen molar-refractivity contribution in [1.82, 2.24) is 9.78 Å². The molecule has 0 aliphatic carbocycles. The van der Waals surface area contributed by atoms with E-state index in [0.717, 1.165) is 16.5 Å². The predicted octanol–water partition coefficient (Wildman–Crippen LogP) is 5.25. The maximum absolute atomic E-state index is 12.6. The van der Waals surface area contributed by atoms with E-state index in [-0.39, 0.29) is 24.2 Å². The zero-order valence-electron chi connectivity index (χ0n) is 18.9. The second-order valence-corrected chi connectivity index (χ2v) is 7.89. The minimum atomic E-state index is -0.383. The van der Waals surface area contributed by atoms with Crippen molar-refractivity contribution in [3.8, 4) is 5.75 Å². The van der Waals surface area contributed by atoms with Crippen molar-refractivity contribution < 1.29 is 18.7 Å². The maximum atomic E-state index is 12.6. The number of benzene rings is 3. The highest BCUT2D eigenvalue weighted by Gasteiger charge is 2.13. The van der Waals surface area contributed by atoms with Gasteiger partial charge in [0, 0.05) is 30.0 Å². The van der Waals surface area contributed by atoms with Crippen LogP contribution in [0.5, 0.6) is 5.75 Å². The molecule has 0 bridgehead atoms. The van der Waals surface area contributed by atoms with Crippen LogP contribution < -0.4 is 15.4 Å². The molecule has 2 N–H and O–H groups in total. The molecular weight excluding hydrogens is 444 g/mol. The molecule has 0 spiro atoms. The third kappa shape index (κ3) is 5.06. The van der Waals surface area contributed by atoms with E-state index in [0.29, 0.717) is 22.8 Å². The number of hydrogen-bond donors (Lipinski definition) is 2. The summed E-state index contributed by atoms with van der Waals surface area (Å²) in [6.07, 6.45) is 1.70. The van der Waals surface area contributed by atoms with Gasteiger partial charge in [-0.25, -0.2) is 0 Å². The van der Waals surface area contributed by atoms with Gasteiger partial charge in [0.2, 0.25) is 0 Å². The SMILES string of the molecule is Cn1ccc(C(=O)Nc2ccc(NC(=O)c3ccc(COc4cccc5ccccc45)o3)cc2)n1. The van der Waals surface area contributed by atoms with Gasteiger partial charge in [-0.05, 0) is 53.9 Å². The number of nitrogens with one attached hydrogen (secondary N) is 2. The summed E-state index contributed by atoms with van der Waals surface area (Å²) in [6, 6.07) is 25.6. The normalized spacial score (nSPS) is 10.8. The van der Waals surface area contributed by atoms with Crippen LogP contribution >= 0.6 is 0 Å². The minimum Gasteiger partial charge on any atom is -0.485 e. The molecule has 8 nitrogen and oxygen atoms in total. The van der Waals surface area contributed by atoms with E-state index >= 15 is 0 Å². The number of carbonyl (C=O) groups excluding carboxylic acids is 2. The monoisotopic (exact) mass is 466 g/mol. The molecule has 3 aromatic carbocycles. The van der Waals surface area contributed by atoms with Crippen LogP contribution in [0.2, 0.25) is 0 Å². The second kappa shape index (κ2) is 9.56. The van der Waals surface area contributed by atoms with Crippen LogP contribution in [0.15, 0.2) is 95.5 Å². The van der Waals surface area contributed by atoms with Crippen LogP contribution in [0.4, 0.5) is 11.4 Å². The molecule has 0 aliphatic heterocycles. The van der Waals surface area contributed by atoms with Gasteiger partial charge in [-0.2, -0.15) is 5.10 Å². The molecule has 0 aliphatic rings. The lowest BCUT2D eigenvalue weighted by Gasteiger charge is -2.08. The summed E-state index contributed by atoms with van der Waals surface area (Å²) in [4.78, 5) is 24.8. The van der Waals surface area contributed by atoms with Gasteiger partial charge in [-0.1, -0.05) is 36.4 Å². The second-order valence-electron chi connectivity index (χ2n) is 7.89. The van der Waals surface area contributed by atoms with E-state index < -0.39 is 0 Å². The highest BCUT2D eigenvalue weighted by Crippen LogP contribution is 2.26. The first-order chi connectivity index (χ1) is 17.0. The summed E-state index contributed by atoms with van der Waals surface area (Å²) in [5, 5.41) is 11.7. The Balaban J connectivity index is 1.17. The number of ether oxygens (including phenoxy) is 1. The first-order valence-electron chi connectivity index (χ1n) is 11.0. The standard InChI is InChI=1S/C27H22N4O4/c1-31-16-15-23(30-31)26(32)28-19-9-11-20(12-10-19)29-27(33)25-14-13-21(35-25)17-34-24-8-4-6-18-5-2-3-7-22(18)24/h2-16H,17H2,1H3,(H,28,32)(H,29,33). The predicted molar refractivity (Wildman–Crippen MR) is 133 cm³/mol. The fraction of sp³-hybridized carbons (Fsp3) is 0.0741. The van der Waals surface area contributed by atoms with Crippen molar-refractivity contribution in [2.45, 2.75) is 6.61 Å². The molecule has 0 atom stereocenters. The van der Waals surface area contributed by atoms with Crippen molar-refractivity contribution in [3.05, 3.63) is 108 Å². The van der Waals surface area contributed by atoms with Gasteiger partial charge in [-0.3, -0.25) is 14.3 Å². The lowest BCUT2D eigenvalue weighted by atomic mass is 10.1. The van der Waals surface area contributed by atoms with E-state index in [4.69, 9.17) is 9.15 Å². The highest BCUT2D eigenvalue weighted by molar-refractivity contribution is 6.04. The number of rotatable bonds is 7. The van der Waals surface area contributed by atoms with Gasteiger partial charge < -0.3 is 19.8 Å². The Morgan fingerprint density at radius 1 is 0.857 bits per heavy atom. The van der Waals surface area contributed by atoms with Crippen molar-refractivity contribution in [3.63, 3.8) is 0 Å². The molecule has 0 saturated heterocycles. The van der Waals surface area contributed by atoms with Gasteiger partial charge in [0.05, 0.1) is 0 Å². The Hall–Kier alpha value is -4.85. The molecule has 2 heterocycles. The molecule has 0 fully saturated rings. The highest BCUT2D eigenvalue weighted by atomic mass is 16.5. The third-order valence-electron chi connectivity index (χ3n) is 5.35. The zero-order valence-corrected chi connectivity index (χ0v) is 18.9. The largest absolute Gasteiger partial charge is 0.485 e. The summed E-state index contributed by atoms with van der Waals surface area (Å²) in [7, 11) is 1.74. The molecule has 5 rings (SSSR count). The number of fused-ring (bicyclic) bond motifs is 1. The number of aryl methyl sites for hydroxylation is 1. The topological polar surface area (TPSA) is 98.4 Å². The quantitative estimate of drug-likeness (QED) is 0.341. The molecule has 8 heteroatoms. The molecular formula is C27H22N4O4. The molecule has 2 amide bonds. The molecule has 35 heavy (non-hydrogen) atoms. The van der Waals surface area contributed by atoms with Gasteiger partial charge >= 0.3 is 0 Å². The summed E-state index contributed by atoms with van der Waals surface area (Å²) in [6.45, 7) is 0.200. The Bertz CT molecular complexity index is 1500. The number of furan rings is 1. The molecule has 0 unspecified atom stereocenters. The first kappa shape index (κ1) is 22.0. The van der Waals surface area contributed by atoms with Crippen molar-refractivity contribution in [1.29, 1.82) is 0 Å². The number of nitrogens with zero attached hydrogens (tertiary/aromatic N) is 2. The van der Waals surface area contributed by atoms with Crippen LogP contribution in [0.3, 0.4) is 0 Å². The van der Waals surface area contributed by atoms with E-state index in [1.165, 1.54) is 0 Å². The lowest BCUT2D eigenvalue weighted by molar-refractivity contribution is 0.0990. The van der Waals surface area contributed by atoms with Crippen LogP contribution in [0.25, 0.3) is 10.8 Å². The van der Waals surface area contributed by atoms with Crippen molar-refractivity contribution >= 4 is 34.0 Å². The Morgan fingerprint density at radius 3 is 2.31 bits per heavy atom. The van der Waals surface area contributed by atoms with Crippen LogP contribution in [0.1, 0.15) is 26.8 Å². The van der Waals surface area contributed by atoms with Gasteiger partial charge in [0.25, 0.3) is 11.8 Å². The van der Waals surface area contributed by atoms with E-state index in [1.807, 2.05) is 42.5 Å². The number of carbonyl (C=O) groups is 2. The Kier molecular flexibility index (Phi) is 6.00. The van der Waals surface area contributed by atoms with Gasteiger partial charge in [-0.15, -0.1) is 0 Å². The van der Waals surface area contributed by atoms with Gasteiger partial charge in [0.1, 0.15) is 18.1 Å². The summed E-state index contributed by atoms with van der Waals surface area (Å²) < 4.78 is 13.2. The fourth-order valence-corrected chi connectivity index (χ4v) is 3.61. The fourth-order valence-electron chi connectivity index (χ4n) is 3.61. The van der Waals surface area contributed by atoms with Crippen molar-refractivity contribution in [2.24, 2.45) is 7.05 Å². The van der Waals surface area contributed by atoms with Crippen LogP contribution in [-0.2, 0) is 13.7 Å². The summed E-state index contributed by atoms with van der Waals surface area (Å²) >= 11 is 0. The lowest BCUT2D eigenvalue weighted by Crippen LogP contribution is -2.13. The molecule has 5 aromatic rings. The number of aromatic nitrogens is 2. The average molecular weight is 466 g/mol. The average Bonchev–Trinajstić information content (AvgIpc) is 3.53. The molecule has 2 aromatic heterocycles. The Labute approximate surface area is 201 Å². The zero-order chi connectivity index (χ0) is 24.2. The third-order valence-corrected chi connectivity index (χ3v) is 5.35. The molecule has 174 valence electrons. The Morgan fingerprint density at radius 2 is 1.57 bits per heavy atom. The van der Waals surface area contributed by atoms with Crippen LogP contribution in [0, 0.1) is 0 Å². The van der Waals surface area contributed by atoms with E-state index in [2.05, 4.69) is 15.7 Å².